The van der Waals surface area contributed by atoms with Gasteiger partial charge in [0.2, 0.25) is 5.91 Å². The fourth-order valence-electron chi connectivity index (χ4n) is 2.73. The molecule has 3 rings (SSSR count). The molecule has 24 heavy (non-hydrogen) atoms. The Balaban J connectivity index is 1.44. The molecule has 2 aromatic carbocycles. The number of carbonyl (C=O) groups is 1. The summed E-state index contributed by atoms with van der Waals surface area (Å²) in [4.78, 5) is 11.5. The molecule has 126 valence electrons. The highest BCUT2D eigenvalue weighted by Crippen LogP contribution is 2.16. The van der Waals surface area contributed by atoms with E-state index in [-0.39, 0.29) is 11.9 Å². The molecule has 1 atom stereocenters. The molecule has 0 bridgehead atoms. The number of rotatable bonds is 7. The number of hydrogen-bond donors (Lipinski definition) is 2. The van der Waals surface area contributed by atoms with Crippen molar-refractivity contribution < 1.29 is 9.53 Å². The molecule has 5 heteroatoms. The van der Waals surface area contributed by atoms with Crippen LogP contribution in [0.2, 0.25) is 5.02 Å². The molecule has 2 N–H and O–H groups in total. The van der Waals surface area contributed by atoms with Gasteiger partial charge in [-0.25, -0.2) is 0 Å². The SMILES string of the molecule is O=C1NCCC1NCCc1ccc(OCc2cccc(Cl)c2)cc1. The first-order valence-corrected chi connectivity index (χ1v) is 8.56. The zero-order valence-electron chi connectivity index (χ0n) is 13.4. The first kappa shape index (κ1) is 16.8. The first-order valence-electron chi connectivity index (χ1n) is 8.18. The van der Waals surface area contributed by atoms with Crippen LogP contribution in [0.25, 0.3) is 0 Å². The van der Waals surface area contributed by atoms with Crippen molar-refractivity contribution in [2.75, 3.05) is 13.1 Å². The van der Waals surface area contributed by atoms with Crippen LogP contribution < -0.4 is 15.4 Å². The van der Waals surface area contributed by atoms with Crippen LogP contribution in [0.3, 0.4) is 0 Å². The molecule has 2 aromatic rings. The van der Waals surface area contributed by atoms with Crippen LogP contribution in [0.5, 0.6) is 5.75 Å². The minimum atomic E-state index is -0.0368. The van der Waals surface area contributed by atoms with Crippen LogP contribution in [-0.4, -0.2) is 25.0 Å². The molecule has 0 aromatic heterocycles. The molecular weight excluding hydrogens is 324 g/mol. The van der Waals surface area contributed by atoms with Crippen molar-refractivity contribution in [3.63, 3.8) is 0 Å². The van der Waals surface area contributed by atoms with E-state index < -0.39 is 0 Å². The minimum absolute atomic E-state index is 0.0368. The van der Waals surface area contributed by atoms with Gasteiger partial charge in [-0.1, -0.05) is 35.9 Å². The number of ether oxygens (including phenoxy) is 1. The number of carbonyl (C=O) groups excluding carboxylic acids is 1. The quantitative estimate of drug-likeness (QED) is 0.812. The van der Waals surface area contributed by atoms with Crippen LogP contribution in [-0.2, 0) is 17.8 Å². The fourth-order valence-corrected chi connectivity index (χ4v) is 2.94. The van der Waals surface area contributed by atoms with Gasteiger partial charge in [0.1, 0.15) is 12.4 Å². The van der Waals surface area contributed by atoms with Gasteiger partial charge in [-0.15, -0.1) is 0 Å². The smallest absolute Gasteiger partial charge is 0.237 e. The van der Waals surface area contributed by atoms with Gasteiger partial charge in [-0.3, -0.25) is 4.79 Å². The summed E-state index contributed by atoms with van der Waals surface area (Å²) < 4.78 is 5.77. The van der Waals surface area contributed by atoms with Gasteiger partial charge in [-0.05, 0) is 54.8 Å². The zero-order valence-corrected chi connectivity index (χ0v) is 14.2. The van der Waals surface area contributed by atoms with Gasteiger partial charge in [0.25, 0.3) is 0 Å². The Kier molecular flexibility index (Phi) is 5.72. The summed E-state index contributed by atoms with van der Waals surface area (Å²) in [6, 6.07) is 15.7. The summed E-state index contributed by atoms with van der Waals surface area (Å²) in [5, 5.41) is 6.84. The minimum Gasteiger partial charge on any atom is -0.489 e. The average Bonchev–Trinajstić information content (AvgIpc) is 2.99. The van der Waals surface area contributed by atoms with Gasteiger partial charge >= 0.3 is 0 Å². The molecule has 1 amide bonds. The van der Waals surface area contributed by atoms with E-state index in [1.807, 2.05) is 36.4 Å². The van der Waals surface area contributed by atoms with Crippen LogP contribution >= 0.6 is 11.6 Å². The van der Waals surface area contributed by atoms with Gasteiger partial charge in [0, 0.05) is 11.6 Å². The Morgan fingerprint density at radius 3 is 2.71 bits per heavy atom. The van der Waals surface area contributed by atoms with Crippen molar-refractivity contribution in [2.24, 2.45) is 0 Å². The van der Waals surface area contributed by atoms with E-state index in [1.165, 1.54) is 5.56 Å². The normalized spacial score (nSPS) is 16.9. The van der Waals surface area contributed by atoms with Crippen molar-refractivity contribution in [3.8, 4) is 5.75 Å². The van der Waals surface area contributed by atoms with Gasteiger partial charge < -0.3 is 15.4 Å². The van der Waals surface area contributed by atoms with Crippen LogP contribution in [0.1, 0.15) is 17.5 Å². The molecule has 0 radical (unpaired) electrons. The molecule has 1 aliphatic heterocycles. The highest BCUT2D eigenvalue weighted by molar-refractivity contribution is 6.30. The second-order valence-corrected chi connectivity index (χ2v) is 6.34. The Bertz CT molecular complexity index is 688. The van der Waals surface area contributed by atoms with Crippen LogP contribution in [0, 0.1) is 0 Å². The van der Waals surface area contributed by atoms with Crippen molar-refractivity contribution in [2.45, 2.75) is 25.5 Å². The van der Waals surface area contributed by atoms with Crippen molar-refractivity contribution in [1.29, 1.82) is 0 Å². The molecule has 1 saturated heterocycles. The molecule has 1 aliphatic rings. The van der Waals surface area contributed by atoms with Crippen molar-refractivity contribution in [3.05, 3.63) is 64.7 Å². The maximum atomic E-state index is 11.5. The number of nitrogens with one attached hydrogen (secondary N) is 2. The molecule has 1 unspecified atom stereocenters. The molecule has 4 nitrogen and oxygen atoms in total. The lowest BCUT2D eigenvalue weighted by Gasteiger charge is -2.10. The van der Waals surface area contributed by atoms with Gasteiger partial charge in [0.05, 0.1) is 6.04 Å². The number of hydrogen-bond acceptors (Lipinski definition) is 3. The maximum absolute atomic E-state index is 11.5. The Hall–Kier alpha value is -2.04. The summed E-state index contributed by atoms with van der Waals surface area (Å²) in [5.41, 5.74) is 2.27. The summed E-state index contributed by atoms with van der Waals surface area (Å²) in [6.45, 7) is 2.06. The molecular formula is C19H21ClN2O2. The Labute approximate surface area is 147 Å². The van der Waals surface area contributed by atoms with E-state index >= 15 is 0 Å². The second-order valence-electron chi connectivity index (χ2n) is 5.90. The summed E-state index contributed by atoms with van der Waals surface area (Å²) >= 11 is 5.97. The van der Waals surface area contributed by atoms with E-state index in [4.69, 9.17) is 16.3 Å². The molecule has 0 spiro atoms. The molecule has 1 heterocycles. The largest absolute Gasteiger partial charge is 0.489 e. The Morgan fingerprint density at radius 1 is 1.17 bits per heavy atom. The number of amides is 1. The summed E-state index contributed by atoms with van der Waals surface area (Å²) in [7, 11) is 0. The topological polar surface area (TPSA) is 50.4 Å². The van der Waals surface area contributed by atoms with E-state index in [9.17, 15) is 4.79 Å². The van der Waals surface area contributed by atoms with Crippen LogP contribution in [0.4, 0.5) is 0 Å². The lowest BCUT2D eigenvalue weighted by atomic mass is 10.1. The molecule has 0 saturated carbocycles. The second kappa shape index (κ2) is 8.18. The maximum Gasteiger partial charge on any atom is 0.237 e. The monoisotopic (exact) mass is 344 g/mol. The van der Waals surface area contributed by atoms with Gasteiger partial charge in [0.15, 0.2) is 0 Å². The van der Waals surface area contributed by atoms with E-state index in [0.717, 1.165) is 42.3 Å². The number of benzene rings is 2. The van der Waals surface area contributed by atoms with E-state index in [1.54, 1.807) is 0 Å². The Morgan fingerprint density at radius 2 is 2.00 bits per heavy atom. The van der Waals surface area contributed by atoms with E-state index in [2.05, 4.69) is 22.8 Å². The average molecular weight is 345 g/mol. The fraction of sp³-hybridized carbons (Fsp3) is 0.316. The lowest BCUT2D eigenvalue weighted by molar-refractivity contribution is -0.120. The third-order valence-electron chi connectivity index (χ3n) is 4.07. The van der Waals surface area contributed by atoms with Crippen molar-refractivity contribution in [1.82, 2.24) is 10.6 Å². The van der Waals surface area contributed by atoms with E-state index in [0.29, 0.717) is 6.61 Å². The third-order valence-corrected chi connectivity index (χ3v) is 4.31. The third kappa shape index (κ3) is 4.73. The standard InChI is InChI=1S/C19H21ClN2O2/c20-16-3-1-2-15(12-16)13-24-17-6-4-14(5-7-17)8-10-21-18-9-11-22-19(18)23/h1-7,12,18,21H,8-11,13H2,(H,22,23). The lowest BCUT2D eigenvalue weighted by Crippen LogP contribution is -2.37. The van der Waals surface area contributed by atoms with Gasteiger partial charge in [-0.2, -0.15) is 0 Å². The number of halogens is 1. The summed E-state index contributed by atoms with van der Waals surface area (Å²) in [6.07, 6.45) is 1.76. The zero-order chi connectivity index (χ0) is 16.8. The van der Waals surface area contributed by atoms with Crippen molar-refractivity contribution >= 4 is 17.5 Å². The predicted octanol–water partition coefficient (Wildman–Crippen LogP) is 2.94. The highest BCUT2D eigenvalue weighted by atomic mass is 35.5. The molecule has 0 aliphatic carbocycles. The van der Waals surface area contributed by atoms with Crippen LogP contribution in [0.15, 0.2) is 48.5 Å². The molecule has 1 fully saturated rings. The highest BCUT2D eigenvalue weighted by Gasteiger charge is 2.22. The predicted molar refractivity (Wildman–Crippen MR) is 95.3 cm³/mol. The first-order chi connectivity index (χ1) is 11.7. The summed E-state index contributed by atoms with van der Waals surface area (Å²) in [5.74, 6) is 0.946.